The molecule has 0 fully saturated rings. The molecule has 0 aliphatic rings. The van der Waals surface area contributed by atoms with E-state index in [4.69, 9.17) is 4.74 Å². The molecule has 0 radical (unpaired) electrons. The summed E-state index contributed by atoms with van der Waals surface area (Å²) in [4.78, 5) is 16.9. The number of rotatable bonds is 7. The van der Waals surface area contributed by atoms with E-state index in [1.165, 1.54) is 0 Å². The number of nitrogens with zero attached hydrogens (tertiary/aromatic N) is 4. The first-order valence-corrected chi connectivity index (χ1v) is 6.91. The highest BCUT2D eigenvalue weighted by Crippen LogP contribution is 2.12. The minimum atomic E-state index is 0.0125. The Hall–Kier alpha value is -2.44. The van der Waals surface area contributed by atoms with Gasteiger partial charge in [-0.25, -0.2) is 0 Å². The fraction of sp³-hybridized carbons (Fsp3) is 0.429. The van der Waals surface area contributed by atoms with Crippen LogP contribution in [0.2, 0.25) is 0 Å². The molecule has 0 saturated heterocycles. The van der Waals surface area contributed by atoms with Crippen molar-refractivity contribution in [2.75, 3.05) is 24.2 Å². The topological polar surface area (TPSA) is 84.9 Å². The minimum Gasteiger partial charge on any atom is -0.461 e. The van der Waals surface area contributed by atoms with Crippen molar-refractivity contribution < 1.29 is 4.74 Å². The summed E-state index contributed by atoms with van der Waals surface area (Å²) in [5.74, 6) is 0.960. The Morgan fingerprint density at radius 2 is 1.95 bits per heavy atom. The van der Waals surface area contributed by atoms with Gasteiger partial charge < -0.3 is 15.4 Å². The molecule has 2 rings (SSSR count). The summed E-state index contributed by atoms with van der Waals surface area (Å²) in [5, 5.41) is 6.05. The summed E-state index contributed by atoms with van der Waals surface area (Å²) in [5.41, 5.74) is 1.02. The highest BCUT2D eigenvalue weighted by molar-refractivity contribution is 5.35. The molecule has 0 bridgehead atoms. The monoisotopic (exact) mass is 288 g/mol. The van der Waals surface area contributed by atoms with Crippen molar-refractivity contribution in [2.24, 2.45) is 0 Å². The van der Waals surface area contributed by atoms with Crippen LogP contribution in [0.3, 0.4) is 0 Å². The summed E-state index contributed by atoms with van der Waals surface area (Å²) >= 11 is 0. The lowest BCUT2D eigenvalue weighted by Gasteiger charge is -2.11. The number of anilines is 2. The molecular weight excluding hydrogens is 268 g/mol. The number of ether oxygens (including phenoxy) is 1. The summed E-state index contributed by atoms with van der Waals surface area (Å²) < 4.78 is 5.51. The molecule has 0 spiro atoms. The number of hydrogen-bond donors (Lipinski definition) is 2. The highest BCUT2D eigenvalue weighted by Gasteiger charge is 2.08. The zero-order valence-corrected chi connectivity index (χ0v) is 12.5. The van der Waals surface area contributed by atoms with Crippen LogP contribution < -0.4 is 15.4 Å². The van der Waals surface area contributed by atoms with Crippen molar-refractivity contribution in [1.29, 1.82) is 0 Å². The molecule has 0 amide bonds. The molecule has 0 atom stereocenters. The third-order valence-electron chi connectivity index (χ3n) is 2.57. The van der Waals surface area contributed by atoms with Gasteiger partial charge in [0.25, 0.3) is 0 Å². The molecule has 2 heterocycles. The van der Waals surface area contributed by atoms with Crippen LogP contribution in [-0.2, 0) is 6.42 Å². The van der Waals surface area contributed by atoms with E-state index in [0.29, 0.717) is 24.5 Å². The van der Waals surface area contributed by atoms with Gasteiger partial charge in [-0.05, 0) is 26.0 Å². The van der Waals surface area contributed by atoms with Gasteiger partial charge in [0, 0.05) is 31.9 Å². The van der Waals surface area contributed by atoms with E-state index in [1.54, 1.807) is 13.2 Å². The van der Waals surface area contributed by atoms with Crippen molar-refractivity contribution in [2.45, 2.75) is 26.4 Å². The predicted octanol–water partition coefficient (Wildman–Crippen LogP) is 1.75. The first-order valence-electron chi connectivity index (χ1n) is 6.91. The molecule has 2 aromatic heterocycles. The zero-order valence-electron chi connectivity index (χ0n) is 12.5. The molecule has 7 nitrogen and oxygen atoms in total. The van der Waals surface area contributed by atoms with Crippen molar-refractivity contribution in [3.63, 3.8) is 0 Å². The van der Waals surface area contributed by atoms with Crippen LogP contribution in [0, 0.1) is 0 Å². The van der Waals surface area contributed by atoms with Crippen LogP contribution in [0.15, 0.2) is 24.4 Å². The van der Waals surface area contributed by atoms with Gasteiger partial charge in [-0.15, -0.1) is 0 Å². The van der Waals surface area contributed by atoms with E-state index in [1.807, 2.05) is 32.0 Å². The molecule has 0 saturated carbocycles. The quantitative estimate of drug-likeness (QED) is 0.802. The van der Waals surface area contributed by atoms with E-state index >= 15 is 0 Å². The van der Waals surface area contributed by atoms with Crippen molar-refractivity contribution in [3.05, 3.63) is 30.1 Å². The molecule has 0 aliphatic heterocycles. The Balaban J connectivity index is 1.98. The van der Waals surface area contributed by atoms with Crippen LogP contribution in [0.1, 0.15) is 19.5 Å². The fourth-order valence-electron chi connectivity index (χ4n) is 1.66. The highest BCUT2D eigenvalue weighted by atomic mass is 16.5. The number of pyridine rings is 1. The van der Waals surface area contributed by atoms with Crippen LogP contribution >= 0.6 is 0 Å². The maximum absolute atomic E-state index is 5.51. The third-order valence-corrected chi connectivity index (χ3v) is 2.57. The molecule has 7 heteroatoms. The Labute approximate surface area is 124 Å². The first kappa shape index (κ1) is 15.0. The van der Waals surface area contributed by atoms with Crippen LogP contribution in [0.5, 0.6) is 6.01 Å². The summed E-state index contributed by atoms with van der Waals surface area (Å²) in [6, 6.07) is 6.17. The van der Waals surface area contributed by atoms with Gasteiger partial charge in [-0.3, -0.25) is 4.98 Å². The summed E-state index contributed by atoms with van der Waals surface area (Å²) in [6.07, 6.45) is 2.59. The second-order valence-electron chi connectivity index (χ2n) is 4.68. The smallest absolute Gasteiger partial charge is 0.323 e. The van der Waals surface area contributed by atoms with E-state index < -0.39 is 0 Å². The lowest BCUT2D eigenvalue weighted by molar-refractivity contribution is 0.222. The van der Waals surface area contributed by atoms with Crippen molar-refractivity contribution >= 4 is 11.9 Å². The Morgan fingerprint density at radius 3 is 2.62 bits per heavy atom. The van der Waals surface area contributed by atoms with Gasteiger partial charge >= 0.3 is 6.01 Å². The van der Waals surface area contributed by atoms with Crippen LogP contribution in [-0.4, -0.2) is 39.6 Å². The van der Waals surface area contributed by atoms with E-state index in [9.17, 15) is 0 Å². The van der Waals surface area contributed by atoms with Gasteiger partial charge in [-0.1, -0.05) is 6.07 Å². The average molecular weight is 288 g/mol. The Bertz CT molecular complexity index is 561. The molecule has 0 unspecified atom stereocenters. The first-order chi connectivity index (χ1) is 10.2. The zero-order chi connectivity index (χ0) is 15.1. The fourth-order valence-corrected chi connectivity index (χ4v) is 1.66. The van der Waals surface area contributed by atoms with Gasteiger partial charge in [0.2, 0.25) is 11.9 Å². The van der Waals surface area contributed by atoms with Crippen LogP contribution in [0.25, 0.3) is 0 Å². The maximum Gasteiger partial charge on any atom is 0.323 e. The normalized spacial score (nSPS) is 10.5. The molecule has 2 N–H and O–H groups in total. The molecular formula is C14H20N6O. The molecule has 2 aromatic rings. The third kappa shape index (κ3) is 4.87. The van der Waals surface area contributed by atoms with Gasteiger partial charge in [0.05, 0.1) is 6.10 Å². The SMILES string of the molecule is CNc1nc(NCCc2ccccn2)nc(OC(C)C)n1. The molecule has 21 heavy (non-hydrogen) atoms. The van der Waals surface area contributed by atoms with E-state index in [2.05, 4.69) is 30.6 Å². The average Bonchev–Trinajstić information content (AvgIpc) is 2.47. The summed E-state index contributed by atoms with van der Waals surface area (Å²) in [7, 11) is 1.76. The summed E-state index contributed by atoms with van der Waals surface area (Å²) in [6.45, 7) is 4.54. The second kappa shape index (κ2) is 7.37. The number of hydrogen-bond acceptors (Lipinski definition) is 7. The van der Waals surface area contributed by atoms with Gasteiger partial charge in [0.15, 0.2) is 0 Å². The largest absolute Gasteiger partial charge is 0.461 e. The standard InChI is InChI=1S/C14H20N6O/c1-10(2)21-14-19-12(15-3)18-13(20-14)17-9-7-11-6-4-5-8-16-11/h4-6,8,10H,7,9H2,1-3H3,(H2,15,17,18,19,20). The molecule has 112 valence electrons. The van der Waals surface area contributed by atoms with E-state index in [0.717, 1.165) is 12.1 Å². The van der Waals surface area contributed by atoms with Crippen molar-refractivity contribution in [3.8, 4) is 6.01 Å². The van der Waals surface area contributed by atoms with Crippen LogP contribution in [0.4, 0.5) is 11.9 Å². The number of aromatic nitrogens is 4. The molecule has 0 aromatic carbocycles. The van der Waals surface area contributed by atoms with Crippen molar-refractivity contribution in [1.82, 2.24) is 19.9 Å². The predicted molar refractivity (Wildman–Crippen MR) is 81.6 cm³/mol. The van der Waals surface area contributed by atoms with E-state index in [-0.39, 0.29) is 6.10 Å². The lowest BCUT2D eigenvalue weighted by Crippen LogP contribution is -2.14. The molecule has 0 aliphatic carbocycles. The van der Waals surface area contributed by atoms with Gasteiger partial charge in [-0.2, -0.15) is 15.0 Å². The Kier molecular flexibility index (Phi) is 5.25. The lowest BCUT2D eigenvalue weighted by atomic mass is 10.3. The maximum atomic E-state index is 5.51. The Morgan fingerprint density at radius 1 is 1.14 bits per heavy atom. The van der Waals surface area contributed by atoms with Gasteiger partial charge in [0.1, 0.15) is 0 Å². The number of nitrogens with one attached hydrogen (secondary N) is 2. The minimum absolute atomic E-state index is 0.0125. The second-order valence-corrected chi connectivity index (χ2v) is 4.68.